The molecule has 0 aliphatic carbocycles. The minimum absolute atomic E-state index is 0.356. The van der Waals surface area contributed by atoms with E-state index in [0.717, 1.165) is 0 Å². The van der Waals surface area contributed by atoms with E-state index in [-0.39, 0.29) is 0 Å². The summed E-state index contributed by atoms with van der Waals surface area (Å²) in [6.45, 7) is 4.22. The Morgan fingerprint density at radius 2 is 2.11 bits per heavy atom. The summed E-state index contributed by atoms with van der Waals surface area (Å²) >= 11 is 0. The van der Waals surface area contributed by atoms with Crippen molar-refractivity contribution in [1.29, 1.82) is 5.26 Å². The molecule has 0 amide bonds. The molecule has 9 heavy (non-hydrogen) atoms. The SMILES string of the molecule is CNC(CC#N)C(C)C. The lowest BCUT2D eigenvalue weighted by atomic mass is 10.0. The molecule has 2 heteroatoms. The topological polar surface area (TPSA) is 35.8 Å². The lowest BCUT2D eigenvalue weighted by Gasteiger charge is -2.15. The van der Waals surface area contributed by atoms with Gasteiger partial charge in [0.15, 0.2) is 0 Å². The van der Waals surface area contributed by atoms with Gasteiger partial charge < -0.3 is 5.32 Å². The molecular weight excluding hydrogens is 112 g/mol. The second-order valence-corrected chi connectivity index (χ2v) is 2.50. The van der Waals surface area contributed by atoms with Gasteiger partial charge >= 0.3 is 0 Å². The van der Waals surface area contributed by atoms with Gasteiger partial charge in [0.25, 0.3) is 0 Å². The maximum Gasteiger partial charge on any atom is 0.0638 e. The molecule has 0 radical (unpaired) electrons. The molecule has 0 spiro atoms. The number of hydrogen-bond donors (Lipinski definition) is 1. The van der Waals surface area contributed by atoms with E-state index < -0.39 is 0 Å². The summed E-state index contributed by atoms with van der Waals surface area (Å²) in [4.78, 5) is 0. The molecule has 0 saturated carbocycles. The summed E-state index contributed by atoms with van der Waals surface area (Å²) in [7, 11) is 1.89. The molecule has 0 aliphatic heterocycles. The van der Waals surface area contributed by atoms with Gasteiger partial charge in [0.1, 0.15) is 0 Å². The van der Waals surface area contributed by atoms with E-state index in [1.165, 1.54) is 0 Å². The van der Waals surface area contributed by atoms with Crippen LogP contribution in [0, 0.1) is 17.2 Å². The van der Waals surface area contributed by atoms with Gasteiger partial charge in [-0.25, -0.2) is 0 Å². The highest BCUT2D eigenvalue weighted by Crippen LogP contribution is 2.03. The summed E-state index contributed by atoms with van der Waals surface area (Å²) in [5.41, 5.74) is 0. The highest BCUT2D eigenvalue weighted by atomic mass is 14.9. The largest absolute Gasteiger partial charge is 0.316 e. The van der Waals surface area contributed by atoms with Gasteiger partial charge in [-0.2, -0.15) is 5.26 Å². The van der Waals surface area contributed by atoms with Crippen molar-refractivity contribution in [2.75, 3.05) is 7.05 Å². The van der Waals surface area contributed by atoms with Crippen LogP contribution < -0.4 is 5.32 Å². The smallest absolute Gasteiger partial charge is 0.0638 e. The highest BCUT2D eigenvalue weighted by Gasteiger charge is 2.08. The standard InChI is InChI=1S/C7H14N2/c1-6(2)7(9-3)4-5-8/h6-7,9H,4H2,1-3H3. The molecule has 0 aliphatic rings. The Balaban J connectivity index is 3.57. The summed E-state index contributed by atoms with van der Waals surface area (Å²) in [6, 6.07) is 2.49. The molecular formula is C7H14N2. The summed E-state index contributed by atoms with van der Waals surface area (Å²) in [5.74, 6) is 0.551. The van der Waals surface area contributed by atoms with E-state index >= 15 is 0 Å². The van der Waals surface area contributed by atoms with E-state index in [4.69, 9.17) is 5.26 Å². The number of nitrogens with one attached hydrogen (secondary N) is 1. The Kier molecular flexibility index (Phi) is 4.08. The van der Waals surface area contributed by atoms with Crippen molar-refractivity contribution in [2.24, 2.45) is 5.92 Å². The molecule has 0 bridgehead atoms. The maximum atomic E-state index is 8.33. The first-order valence-corrected chi connectivity index (χ1v) is 3.26. The second-order valence-electron chi connectivity index (χ2n) is 2.50. The Morgan fingerprint density at radius 1 is 1.56 bits per heavy atom. The first kappa shape index (κ1) is 8.45. The predicted octanol–water partition coefficient (Wildman–Crippen LogP) is 1.14. The van der Waals surface area contributed by atoms with Gasteiger partial charge in [0.05, 0.1) is 12.5 Å². The van der Waals surface area contributed by atoms with Crippen LogP contribution in [0.2, 0.25) is 0 Å². The number of hydrogen-bond acceptors (Lipinski definition) is 2. The Hall–Kier alpha value is -0.550. The van der Waals surface area contributed by atoms with Gasteiger partial charge in [-0.05, 0) is 13.0 Å². The first-order chi connectivity index (χ1) is 4.22. The van der Waals surface area contributed by atoms with Gasteiger partial charge in [-0.15, -0.1) is 0 Å². The molecule has 0 aromatic carbocycles. The molecule has 1 unspecified atom stereocenters. The third-order valence-corrected chi connectivity index (χ3v) is 1.49. The predicted molar refractivity (Wildman–Crippen MR) is 37.9 cm³/mol. The fourth-order valence-electron chi connectivity index (χ4n) is 0.769. The highest BCUT2D eigenvalue weighted by molar-refractivity contribution is 4.81. The van der Waals surface area contributed by atoms with Crippen LogP contribution >= 0.6 is 0 Å². The second kappa shape index (κ2) is 4.34. The molecule has 0 aromatic heterocycles. The van der Waals surface area contributed by atoms with Gasteiger partial charge in [-0.3, -0.25) is 0 Å². The van der Waals surface area contributed by atoms with Crippen LogP contribution in [0.4, 0.5) is 0 Å². The van der Waals surface area contributed by atoms with E-state index in [1.807, 2.05) is 7.05 Å². The molecule has 0 heterocycles. The van der Waals surface area contributed by atoms with E-state index in [1.54, 1.807) is 0 Å². The van der Waals surface area contributed by atoms with Gasteiger partial charge in [0.2, 0.25) is 0 Å². The van der Waals surface area contributed by atoms with Crippen LogP contribution in [0.5, 0.6) is 0 Å². The quantitative estimate of drug-likeness (QED) is 0.615. The zero-order valence-electron chi connectivity index (χ0n) is 6.31. The van der Waals surface area contributed by atoms with Crippen LogP contribution in [0.3, 0.4) is 0 Å². The fraction of sp³-hybridized carbons (Fsp3) is 0.857. The zero-order valence-corrected chi connectivity index (χ0v) is 6.31. The van der Waals surface area contributed by atoms with Crippen molar-refractivity contribution >= 4 is 0 Å². The molecule has 0 aromatic rings. The summed E-state index contributed by atoms with van der Waals surface area (Å²) in [5, 5.41) is 11.4. The molecule has 0 rings (SSSR count). The first-order valence-electron chi connectivity index (χ1n) is 3.26. The third kappa shape index (κ3) is 3.10. The van der Waals surface area contributed by atoms with Crippen LogP contribution in [0.15, 0.2) is 0 Å². The molecule has 1 atom stereocenters. The summed E-state index contributed by atoms with van der Waals surface area (Å²) in [6.07, 6.45) is 0.605. The average molecular weight is 126 g/mol. The van der Waals surface area contributed by atoms with E-state index in [0.29, 0.717) is 18.4 Å². The van der Waals surface area contributed by atoms with Crippen molar-refractivity contribution < 1.29 is 0 Å². The van der Waals surface area contributed by atoms with Crippen LogP contribution in [0.1, 0.15) is 20.3 Å². The lowest BCUT2D eigenvalue weighted by Crippen LogP contribution is -2.29. The molecule has 0 fully saturated rings. The van der Waals surface area contributed by atoms with Crippen molar-refractivity contribution in [2.45, 2.75) is 26.3 Å². The Labute approximate surface area is 56.9 Å². The molecule has 2 nitrogen and oxygen atoms in total. The number of nitrogens with zero attached hydrogens (tertiary/aromatic N) is 1. The van der Waals surface area contributed by atoms with Crippen molar-refractivity contribution in [3.63, 3.8) is 0 Å². The third-order valence-electron chi connectivity index (χ3n) is 1.49. The van der Waals surface area contributed by atoms with Crippen LogP contribution in [-0.2, 0) is 0 Å². The van der Waals surface area contributed by atoms with Crippen molar-refractivity contribution in [3.05, 3.63) is 0 Å². The fourth-order valence-corrected chi connectivity index (χ4v) is 0.769. The van der Waals surface area contributed by atoms with Crippen LogP contribution in [-0.4, -0.2) is 13.1 Å². The normalized spacial score (nSPS) is 13.2. The van der Waals surface area contributed by atoms with Crippen molar-refractivity contribution in [1.82, 2.24) is 5.32 Å². The van der Waals surface area contributed by atoms with Gasteiger partial charge in [-0.1, -0.05) is 13.8 Å². The minimum Gasteiger partial charge on any atom is -0.316 e. The molecule has 52 valence electrons. The molecule has 1 N–H and O–H groups in total. The Bertz CT molecular complexity index is 102. The average Bonchev–Trinajstić information content (AvgIpc) is 1.82. The lowest BCUT2D eigenvalue weighted by molar-refractivity contribution is 0.433. The number of nitriles is 1. The molecule has 0 saturated heterocycles. The number of rotatable bonds is 3. The summed E-state index contributed by atoms with van der Waals surface area (Å²) < 4.78 is 0. The van der Waals surface area contributed by atoms with E-state index in [9.17, 15) is 0 Å². The van der Waals surface area contributed by atoms with Gasteiger partial charge in [0, 0.05) is 6.04 Å². The monoisotopic (exact) mass is 126 g/mol. The van der Waals surface area contributed by atoms with Crippen molar-refractivity contribution in [3.8, 4) is 6.07 Å². The zero-order chi connectivity index (χ0) is 7.28. The minimum atomic E-state index is 0.356. The maximum absolute atomic E-state index is 8.33. The Morgan fingerprint density at radius 3 is 2.22 bits per heavy atom. The van der Waals surface area contributed by atoms with Crippen LogP contribution in [0.25, 0.3) is 0 Å². The van der Waals surface area contributed by atoms with E-state index in [2.05, 4.69) is 25.2 Å².